The van der Waals surface area contributed by atoms with Crippen LogP contribution in [0, 0.1) is 0 Å². The standard InChI is InChI=1S/C23H24ClN7O/c1-3-18-22-20(30(2)29-18)12-15(14-25-22)19-13-21(26-17-6-4-16(24)5-7-17)28-23(27-19)31-8-10-32-11-9-31/h4-7,12-14H,3,8-11H2,1-2H3,(H,26,27,28). The van der Waals surface area contributed by atoms with Crippen molar-refractivity contribution in [2.75, 3.05) is 36.5 Å². The molecule has 1 aromatic carbocycles. The van der Waals surface area contributed by atoms with Crippen LogP contribution in [0.4, 0.5) is 17.5 Å². The Morgan fingerprint density at radius 3 is 2.62 bits per heavy atom. The summed E-state index contributed by atoms with van der Waals surface area (Å²) < 4.78 is 7.38. The highest BCUT2D eigenvalue weighted by Crippen LogP contribution is 2.28. The van der Waals surface area contributed by atoms with Gasteiger partial charge < -0.3 is 15.0 Å². The molecule has 4 aromatic rings. The smallest absolute Gasteiger partial charge is 0.228 e. The van der Waals surface area contributed by atoms with Crippen LogP contribution in [0.25, 0.3) is 22.3 Å². The first kappa shape index (κ1) is 20.7. The lowest BCUT2D eigenvalue weighted by Crippen LogP contribution is -2.37. The van der Waals surface area contributed by atoms with Gasteiger partial charge >= 0.3 is 0 Å². The lowest BCUT2D eigenvalue weighted by atomic mass is 10.1. The minimum Gasteiger partial charge on any atom is -0.378 e. The molecule has 3 aromatic heterocycles. The zero-order valence-corrected chi connectivity index (χ0v) is 18.8. The summed E-state index contributed by atoms with van der Waals surface area (Å²) in [4.78, 5) is 16.5. The van der Waals surface area contributed by atoms with Crippen LogP contribution in [-0.2, 0) is 18.2 Å². The number of morpholine rings is 1. The molecule has 1 fully saturated rings. The Morgan fingerprint density at radius 2 is 1.88 bits per heavy atom. The monoisotopic (exact) mass is 449 g/mol. The molecule has 32 heavy (non-hydrogen) atoms. The molecule has 1 aliphatic rings. The van der Waals surface area contributed by atoms with Gasteiger partial charge in [0.25, 0.3) is 0 Å². The van der Waals surface area contributed by atoms with E-state index in [9.17, 15) is 0 Å². The Balaban J connectivity index is 1.57. The van der Waals surface area contributed by atoms with E-state index < -0.39 is 0 Å². The Morgan fingerprint density at radius 1 is 1.09 bits per heavy atom. The van der Waals surface area contributed by atoms with Gasteiger partial charge in [0, 0.05) is 48.7 Å². The molecule has 0 bridgehead atoms. The van der Waals surface area contributed by atoms with Crippen molar-refractivity contribution < 1.29 is 4.74 Å². The molecule has 0 aliphatic carbocycles. The molecule has 0 spiro atoms. The van der Waals surface area contributed by atoms with E-state index in [1.54, 1.807) is 0 Å². The number of nitrogens with one attached hydrogen (secondary N) is 1. The largest absolute Gasteiger partial charge is 0.378 e. The molecule has 1 saturated heterocycles. The van der Waals surface area contributed by atoms with Crippen LogP contribution in [0.1, 0.15) is 12.6 Å². The van der Waals surface area contributed by atoms with E-state index in [0.29, 0.717) is 30.0 Å². The number of nitrogens with zero attached hydrogens (tertiary/aromatic N) is 6. The molecule has 5 rings (SSSR count). The predicted octanol–water partition coefficient (Wildman–Crippen LogP) is 4.22. The minimum absolute atomic E-state index is 0.663. The minimum atomic E-state index is 0.663. The molecule has 0 saturated carbocycles. The molecule has 0 amide bonds. The fourth-order valence-corrected chi connectivity index (χ4v) is 3.94. The summed E-state index contributed by atoms with van der Waals surface area (Å²) in [6.45, 7) is 4.92. The quantitative estimate of drug-likeness (QED) is 0.488. The van der Waals surface area contributed by atoms with E-state index in [1.165, 1.54) is 0 Å². The molecular formula is C23H24ClN7O. The first-order valence-electron chi connectivity index (χ1n) is 10.7. The van der Waals surface area contributed by atoms with Crippen LogP contribution in [0.5, 0.6) is 0 Å². The summed E-state index contributed by atoms with van der Waals surface area (Å²) >= 11 is 6.03. The first-order chi connectivity index (χ1) is 15.6. The number of halogens is 1. The van der Waals surface area contributed by atoms with Crippen LogP contribution in [-0.4, -0.2) is 51.0 Å². The number of aromatic nitrogens is 5. The molecule has 1 N–H and O–H groups in total. The normalized spacial score (nSPS) is 14.2. The van der Waals surface area contributed by atoms with Crippen LogP contribution < -0.4 is 10.2 Å². The molecular weight excluding hydrogens is 426 g/mol. The number of anilines is 3. The van der Waals surface area contributed by atoms with E-state index in [-0.39, 0.29) is 0 Å². The third-order valence-corrected chi connectivity index (χ3v) is 5.77. The Bertz CT molecular complexity index is 1250. The summed E-state index contributed by atoms with van der Waals surface area (Å²) in [6, 6.07) is 11.6. The zero-order valence-electron chi connectivity index (χ0n) is 18.0. The predicted molar refractivity (Wildman–Crippen MR) is 127 cm³/mol. The summed E-state index contributed by atoms with van der Waals surface area (Å²) in [5.74, 6) is 1.37. The highest BCUT2D eigenvalue weighted by molar-refractivity contribution is 6.30. The first-order valence-corrected chi connectivity index (χ1v) is 11.0. The third-order valence-electron chi connectivity index (χ3n) is 5.52. The Hall–Kier alpha value is -3.23. The van der Waals surface area contributed by atoms with Crippen molar-refractivity contribution in [2.24, 2.45) is 7.05 Å². The number of benzene rings is 1. The maximum atomic E-state index is 6.03. The van der Waals surface area contributed by atoms with Crippen LogP contribution >= 0.6 is 11.6 Å². The molecule has 9 heteroatoms. The average molecular weight is 450 g/mol. The second-order valence-corrected chi connectivity index (χ2v) is 8.12. The lowest BCUT2D eigenvalue weighted by Gasteiger charge is -2.27. The van der Waals surface area contributed by atoms with Crippen molar-refractivity contribution in [2.45, 2.75) is 13.3 Å². The van der Waals surface area contributed by atoms with Crippen molar-refractivity contribution in [3.63, 3.8) is 0 Å². The van der Waals surface area contributed by atoms with Gasteiger partial charge in [0.05, 0.1) is 30.1 Å². The van der Waals surface area contributed by atoms with Gasteiger partial charge in [-0.05, 0) is 36.8 Å². The van der Waals surface area contributed by atoms with Crippen molar-refractivity contribution >= 4 is 40.1 Å². The third kappa shape index (κ3) is 4.11. The van der Waals surface area contributed by atoms with Gasteiger partial charge in [-0.3, -0.25) is 9.67 Å². The highest BCUT2D eigenvalue weighted by atomic mass is 35.5. The Labute approximate surface area is 191 Å². The topological polar surface area (TPSA) is 81.0 Å². The average Bonchev–Trinajstić information content (AvgIpc) is 3.16. The van der Waals surface area contributed by atoms with Gasteiger partial charge in [-0.15, -0.1) is 0 Å². The van der Waals surface area contributed by atoms with Gasteiger partial charge in [0.2, 0.25) is 5.95 Å². The number of fused-ring (bicyclic) bond motifs is 1. The summed E-state index contributed by atoms with van der Waals surface area (Å²) in [5.41, 5.74) is 5.53. The molecule has 0 atom stereocenters. The van der Waals surface area contributed by atoms with Crippen molar-refractivity contribution in [1.29, 1.82) is 0 Å². The maximum absolute atomic E-state index is 6.03. The molecule has 8 nitrogen and oxygen atoms in total. The molecule has 4 heterocycles. The number of pyridine rings is 1. The number of aryl methyl sites for hydroxylation is 2. The number of ether oxygens (including phenoxy) is 1. The van der Waals surface area contributed by atoms with E-state index in [4.69, 9.17) is 31.3 Å². The number of hydrogen-bond acceptors (Lipinski definition) is 7. The van der Waals surface area contributed by atoms with Crippen LogP contribution in [0.2, 0.25) is 5.02 Å². The SMILES string of the molecule is CCc1nn(C)c2cc(-c3cc(Nc4ccc(Cl)cc4)nc(N4CCOCC4)n3)cnc12. The number of rotatable bonds is 5. The summed E-state index contributed by atoms with van der Waals surface area (Å²) in [5, 5.41) is 8.66. The van der Waals surface area contributed by atoms with E-state index >= 15 is 0 Å². The molecule has 1 aliphatic heterocycles. The zero-order chi connectivity index (χ0) is 22.1. The van der Waals surface area contributed by atoms with Crippen molar-refractivity contribution in [3.05, 3.63) is 53.3 Å². The van der Waals surface area contributed by atoms with Crippen LogP contribution in [0.15, 0.2) is 42.6 Å². The maximum Gasteiger partial charge on any atom is 0.228 e. The van der Waals surface area contributed by atoms with Crippen molar-refractivity contribution in [1.82, 2.24) is 24.7 Å². The van der Waals surface area contributed by atoms with Gasteiger partial charge in [-0.1, -0.05) is 18.5 Å². The molecule has 0 unspecified atom stereocenters. The molecule has 0 radical (unpaired) electrons. The fourth-order valence-electron chi connectivity index (χ4n) is 3.82. The lowest BCUT2D eigenvalue weighted by molar-refractivity contribution is 0.122. The number of hydrogen-bond donors (Lipinski definition) is 1. The fraction of sp³-hybridized carbons (Fsp3) is 0.304. The summed E-state index contributed by atoms with van der Waals surface area (Å²) in [6.07, 6.45) is 2.70. The van der Waals surface area contributed by atoms with Gasteiger partial charge in [-0.2, -0.15) is 10.1 Å². The van der Waals surface area contributed by atoms with Gasteiger partial charge in [0.1, 0.15) is 11.3 Å². The highest BCUT2D eigenvalue weighted by Gasteiger charge is 2.18. The van der Waals surface area contributed by atoms with Crippen LogP contribution in [0.3, 0.4) is 0 Å². The Kier molecular flexibility index (Phi) is 5.63. The van der Waals surface area contributed by atoms with Gasteiger partial charge in [-0.25, -0.2) is 4.98 Å². The van der Waals surface area contributed by atoms with E-state index in [0.717, 1.165) is 53.2 Å². The van der Waals surface area contributed by atoms with E-state index in [1.807, 2.05) is 48.3 Å². The summed E-state index contributed by atoms with van der Waals surface area (Å²) in [7, 11) is 1.94. The van der Waals surface area contributed by atoms with E-state index in [2.05, 4.69) is 28.3 Å². The second-order valence-electron chi connectivity index (χ2n) is 7.69. The van der Waals surface area contributed by atoms with Crippen molar-refractivity contribution in [3.8, 4) is 11.3 Å². The van der Waals surface area contributed by atoms with Gasteiger partial charge in [0.15, 0.2) is 0 Å². The molecule has 164 valence electrons. The second kappa shape index (κ2) is 8.72.